The van der Waals surface area contributed by atoms with Crippen molar-refractivity contribution in [2.45, 2.75) is 6.36 Å². The average molecular weight is 278 g/mol. The minimum Gasteiger partial charge on any atom is -0.399 e. The molecule has 1 heterocycles. The molecule has 1 aromatic rings. The summed E-state index contributed by atoms with van der Waals surface area (Å²) in [7, 11) is 0. The molecule has 0 radical (unpaired) electrons. The van der Waals surface area contributed by atoms with Crippen LogP contribution in [0.2, 0.25) is 0 Å². The second kappa shape index (κ2) is 3.68. The van der Waals surface area contributed by atoms with E-state index in [1.807, 2.05) is 0 Å². The van der Waals surface area contributed by atoms with Gasteiger partial charge in [0.05, 0.1) is 6.20 Å². The molecule has 0 aliphatic rings. The Hall–Kier alpha value is -0.920. The summed E-state index contributed by atoms with van der Waals surface area (Å²) in [5.41, 5.74) is 0. The first-order chi connectivity index (χ1) is 6.31. The monoisotopic (exact) mass is 277 g/mol. The lowest BCUT2D eigenvalue weighted by molar-refractivity contribution is -0.276. The van der Waals surface area contributed by atoms with E-state index < -0.39 is 28.3 Å². The standard InChI is InChI=1S/C6HBrF5NO/c7-5-3(9)4(2(8)1-13-5)14-6(10,11)12/h1H. The fraction of sp³-hybridized carbons (Fsp3) is 0.167. The van der Waals surface area contributed by atoms with Crippen LogP contribution in [0.1, 0.15) is 0 Å². The molecule has 78 valence electrons. The first kappa shape index (κ1) is 11.2. The lowest BCUT2D eigenvalue weighted by atomic mass is 10.4. The number of ether oxygens (including phenoxy) is 1. The van der Waals surface area contributed by atoms with Crippen LogP contribution < -0.4 is 4.74 Å². The van der Waals surface area contributed by atoms with Crippen LogP contribution in [0.15, 0.2) is 10.8 Å². The van der Waals surface area contributed by atoms with Gasteiger partial charge in [-0.1, -0.05) is 0 Å². The number of rotatable bonds is 1. The van der Waals surface area contributed by atoms with Gasteiger partial charge in [-0.15, -0.1) is 13.2 Å². The summed E-state index contributed by atoms with van der Waals surface area (Å²) in [6.07, 6.45) is -4.74. The number of hydrogen-bond acceptors (Lipinski definition) is 2. The molecule has 0 saturated heterocycles. The fourth-order valence-corrected chi connectivity index (χ4v) is 0.919. The van der Waals surface area contributed by atoms with E-state index in [9.17, 15) is 22.0 Å². The predicted octanol–water partition coefficient (Wildman–Crippen LogP) is 3.02. The minimum absolute atomic E-state index is 0.411. The first-order valence-corrected chi connectivity index (χ1v) is 3.86. The number of pyridine rings is 1. The molecule has 0 bridgehead atoms. The van der Waals surface area contributed by atoms with Gasteiger partial charge in [0.1, 0.15) is 4.60 Å². The Bertz CT molecular complexity index is 353. The van der Waals surface area contributed by atoms with Gasteiger partial charge >= 0.3 is 6.36 Å². The van der Waals surface area contributed by atoms with Crippen LogP contribution in [0, 0.1) is 11.6 Å². The second-order valence-corrected chi connectivity index (χ2v) is 2.84. The molecular formula is C6HBrF5NO. The van der Waals surface area contributed by atoms with Gasteiger partial charge in [-0.25, -0.2) is 9.37 Å². The highest BCUT2D eigenvalue weighted by Gasteiger charge is 2.34. The third kappa shape index (κ3) is 2.53. The zero-order valence-electron chi connectivity index (χ0n) is 6.20. The van der Waals surface area contributed by atoms with E-state index in [1.165, 1.54) is 0 Å². The van der Waals surface area contributed by atoms with E-state index in [2.05, 4.69) is 25.7 Å². The van der Waals surface area contributed by atoms with Gasteiger partial charge in [0.15, 0.2) is 5.82 Å². The summed E-state index contributed by atoms with van der Waals surface area (Å²) < 4.78 is 62.9. The number of nitrogens with zero attached hydrogens (tertiary/aromatic N) is 1. The van der Waals surface area contributed by atoms with Gasteiger partial charge in [0, 0.05) is 0 Å². The lowest BCUT2D eigenvalue weighted by Crippen LogP contribution is -2.19. The lowest BCUT2D eigenvalue weighted by Gasteiger charge is -2.10. The Balaban J connectivity index is 3.13. The SMILES string of the molecule is Fc1cnc(Br)c(F)c1OC(F)(F)F. The molecule has 14 heavy (non-hydrogen) atoms. The van der Waals surface area contributed by atoms with Crippen LogP contribution in [-0.4, -0.2) is 11.3 Å². The van der Waals surface area contributed by atoms with Crippen molar-refractivity contribution in [3.8, 4) is 5.75 Å². The molecule has 1 rings (SSSR count). The Kier molecular flexibility index (Phi) is 2.93. The first-order valence-electron chi connectivity index (χ1n) is 3.06. The summed E-state index contributed by atoms with van der Waals surface area (Å²) in [6, 6.07) is 0. The molecule has 0 fully saturated rings. The molecule has 0 aliphatic heterocycles. The zero-order chi connectivity index (χ0) is 10.9. The van der Waals surface area contributed by atoms with Crippen LogP contribution in [0.25, 0.3) is 0 Å². The molecular weight excluding hydrogens is 277 g/mol. The number of halogens is 6. The number of alkyl halides is 3. The normalized spacial score (nSPS) is 11.6. The summed E-state index contributed by atoms with van der Waals surface area (Å²) in [4.78, 5) is 3.09. The van der Waals surface area contributed by atoms with E-state index in [0.717, 1.165) is 0 Å². The van der Waals surface area contributed by atoms with Crippen molar-refractivity contribution in [1.82, 2.24) is 4.98 Å². The van der Waals surface area contributed by atoms with Crippen molar-refractivity contribution >= 4 is 15.9 Å². The van der Waals surface area contributed by atoms with Crippen LogP contribution >= 0.6 is 15.9 Å². The maximum atomic E-state index is 12.8. The maximum absolute atomic E-state index is 12.8. The summed E-state index contributed by atoms with van der Waals surface area (Å²) in [6.45, 7) is 0. The highest BCUT2D eigenvalue weighted by molar-refractivity contribution is 9.10. The molecule has 0 aliphatic carbocycles. The van der Waals surface area contributed by atoms with Crippen molar-refractivity contribution in [3.05, 3.63) is 22.4 Å². The maximum Gasteiger partial charge on any atom is 0.573 e. The van der Waals surface area contributed by atoms with Gasteiger partial charge in [-0.3, -0.25) is 0 Å². The van der Waals surface area contributed by atoms with Crippen LogP contribution in [0.5, 0.6) is 5.75 Å². The smallest absolute Gasteiger partial charge is 0.399 e. The molecule has 0 spiro atoms. The average Bonchev–Trinajstić information content (AvgIpc) is 2.04. The fourth-order valence-electron chi connectivity index (χ4n) is 0.636. The topological polar surface area (TPSA) is 22.1 Å². The molecule has 0 N–H and O–H groups in total. The summed E-state index contributed by atoms with van der Waals surface area (Å²) in [5, 5.41) is 0. The highest BCUT2D eigenvalue weighted by atomic mass is 79.9. The Morgan fingerprint density at radius 2 is 1.86 bits per heavy atom. The Morgan fingerprint density at radius 3 is 2.36 bits per heavy atom. The van der Waals surface area contributed by atoms with Gasteiger partial charge in [-0.05, 0) is 15.9 Å². The third-order valence-corrected chi connectivity index (χ3v) is 1.66. The van der Waals surface area contributed by atoms with E-state index in [4.69, 9.17) is 0 Å². The Morgan fingerprint density at radius 1 is 1.29 bits per heavy atom. The molecule has 0 aromatic carbocycles. The number of aromatic nitrogens is 1. The molecule has 0 saturated carbocycles. The van der Waals surface area contributed by atoms with Crippen molar-refractivity contribution in [2.24, 2.45) is 0 Å². The molecule has 0 unspecified atom stereocenters. The van der Waals surface area contributed by atoms with Crippen molar-refractivity contribution in [1.29, 1.82) is 0 Å². The summed E-state index contributed by atoms with van der Waals surface area (Å²) >= 11 is 2.49. The molecule has 2 nitrogen and oxygen atoms in total. The van der Waals surface area contributed by atoms with Gasteiger partial charge in [0.25, 0.3) is 0 Å². The van der Waals surface area contributed by atoms with E-state index in [-0.39, 0.29) is 0 Å². The van der Waals surface area contributed by atoms with Crippen molar-refractivity contribution in [3.63, 3.8) is 0 Å². The van der Waals surface area contributed by atoms with Crippen molar-refractivity contribution in [2.75, 3.05) is 0 Å². The van der Waals surface area contributed by atoms with Crippen LogP contribution in [0.3, 0.4) is 0 Å². The molecule has 0 amide bonds. The van der Waals surface area contributed by atoms with E-state index >= 15 is 0 Å². The predicted molar refractivity (Wildman–Crippen MR) is 38.5 cm³/mol. The second-order valence-electron chi connectivity index (χ2n) is 2.09. The van der Waals surface area contributed by atoms with Gasteiger partial charge < -0.3 is 4.74 Å². The third-order valence-electron chi connectivity index (χ3n) is 1.11. The summed E-state index contributed by atoms with van der Waals surface area (Å²) in [5.74, 6) is -4.59. The van der Waals surface area contributed by atoms with Gasteiger partial charge in [-0.2, -0.15) is 4.39 Å². The van der Waals surface area contributed by atoms with Gasteiger partial charge in [0.2, 0.25) is 11.6 Å². The van der Waals surface area contributed by atoms with Crippen molar-refractivity contribution < 1.29 is 26.7 Å². The van der Waals surface area contributed by atoms with Crippen LogP contribution in [0.4, 0.5) is 22.0 Å². The van der Waals surface area contributed by atoms with E-state index in [1.54, 1.807) is 0 Å². The molecule has 1 aromatic heterocycles. The van der Waals surface area contributed by atoms with E-state index in [0.29, 0.717) is 6.20 Å². The highest BCUT2D eigenvalue weighted by Crippen LogP contribution is 2.30. The molecule has 0 atom stereocenters. The Labute approximate surface area is 82.8 Å². The zero-order valence-corrected chi connectivity index (χ0v) is 7.79. The quantitative estimate of drug-likeness (QED) is 0.582. The molecule has 8 heteroatoms. The minimum atomic E-state index is -5.15. The largest absolute Gasteiger partial charge is 0.573 e. The number of hydrogen-bond donors (Lipinski definition) is 0. The van der Waals surface area contributed by atoms with Crippen LogP contribution in [-0.2, 0) is 0 Å².